The third-order valence-corrected chi connectivity index (χ3v) is 6.09. The minimum atomic E-state index is -0.239. The van der Waals surface area contributed by atoms with Crippen LogP contribution in [0.1, 0.15) is 45.7 Å². The highest BCUT2D eigenvalue weighted by atomic mass is 35.5. The Morgan fingerprint density at radius 1 is 1.23 bits per heavy atom. The lowest BCUT2D eigenvalue weighted by Gasteiger charge is -2.37. The minimum Gasteiger partial charge on any atom is -0.493 e. The highest BCUT2D eigenvalue weighted by Gasteiger charge is 2.31. The fourth-order valence-corrected chi connectivity index (χ4v) is 4.50. The van der Waals surface area contributed by atoms with Crippen LogP contribution in [0.15, 0.2) is 30.3 Å². The quantitative estimate of drug-likeness (QED) is 0.825. The zero-order valence-corrected chi connectivity index (χ0v) is 15.7. The first kappa shape index (κ1) is 17.4. The smallest absolute Gasteiger partial charge is 0.265 e. The number of halogens is 1. The summed E-state index contributed by atoms with van der Waals surface area (Å²) in [5.74, 6) is 0.327. The summed E-state index contributed by atoms with van der Waals surface area (Å²) in [6.45, 7) is 1.38. The lowest BCUT2D eigenvalue weighted by Crippen LogP contribution is -2.45. The van der Waals surface area contributed by atoms with Crippen molar-refractivity contribution in [2.24, 2.45) is 0 Å². The number of nitrogens with zero attached hydrogens (tertiary/aromatic N) is 1. The number of hydrogen-bond acceptors (Lipinski definition) is 4. The van der Waals surface area contributed by atoms with Gasteiger partial charge in [0.15, 0.2) is 0 Å². The number of piperidine rings is 1. The molecule has 2 aromatic rings. The predicted octanol–water partition coefficient (Wildman–Crippen LogP) is 4.43. The lowest BCUT2D eigenvalue weighted by atomic mass is 9.97. The molecule has 1 aromatic carbocycles. The largest absolute Gasteiger partial charge is 0.493 e. The van der Waals surface area contributed by atoms with E-state index in [2.05, 4.69) is 5.32 Å². The Bertz CT molecular complexity index is 851. The van der Waals surface area contributed by atoms with Gasteiger partial charge in [0.25, 0.3) is 11.8 Å². The van der Waals surface area contributed by atoms with Crippen LogP contribution in [0.5, 0.6) is 5.75 Å². The summed E-state index contributed by atoms with van der Waals surface area (Å²) >= 11 is 7.11. The van der Waals surface area contributed by atoms with Gasteiger partial charge >= 0.3 is 0 Å². The number of anilines is 1. The van der Waals surface area contributed by atoms with Crippen molar-refractivity contribution < 1.29 is 14.3 Å². The van der Waals surface area contributed by atoms with E-state index in [4.69, 9.17) is 16.3 Å². The Morgan fingerprint density at radius 3 is 2.92 bits per heavy atom. The second-order valence-electron chi connectivity index (χ2n) is 6.55. The van der Waals surface area contributed by atoms with Crippen LogP contribution in [0.4, 0.5) is 5.69 Å². The normalized spacial score (nSPS) is 19.7. The van der Waals surface area contributed by atoms with Crippen molar-refractivity contribution in [1.29, 1.82) is 0 Å². The van der Waals surface area contributed by atoms with Gasteiger partial charge in [0.05, 0.1) is 21.4 Å². The first-order valence-electron chi connectivity index (χ1n) is 8.76. The van der Waals surface area contributed by atoms with Crippen molar-refractivity contribution >= 4 is 40.4 Å². The van der Waals surface area contributed by atoms with E-state index >= 15 is 0 Å². The molecule has 0 unspecified atom stereocenters. The Morgan fingerprint density at radius 2 is 2.12 bits per heavy atom. The monoisotopic (exact) mass is 390 g/mol. The molecule has 1 N–H and O–H groups in total. The molecule has 2 aliphatic rings. The average molecular weight is 391 g/mol. The highest BCUT2D eigenvalue weighted by molar-refractivity contribution is 7.18. The van der Waals surface area contributed by atoms with E-state index in [-0.39, 0.29) is 17.9 Å². The number of hydrogen-bond donors (Lipinski definition) is 1. The number of nitrogens with one attached hydrogen (secondary N) is 1. The number of carbonyl (C=O) groups excluding carboxylic acids is 2. The number of ether oxygens (including phenoxy) is 1. The molecular weight excluding hydrogens is 372 g/mol. The van der Waals surface area contributed by atoms with Gasteiger partial charge in [0, 0.05) is 24.7 Å². The Labute approximate surface area is 160 Å². The topological polar surface area (TPSA) is 58.6 Å². The summed E-state index contributed by atoms with van der Waals surface area (Å²) in [6.07, 6.45) is 4.08. The SMILES string of the molecule is O=C(Nc1ccc2c(c1)C(=O)N1CCCC[C@H]1CCO2)c1ccc(Cl)s1. The summed E-state index contributed by atoms with van der Waals surface area (Å²) in [4.78, 5) is 27.9. The van der Waals surface area contributed by atoms with Crippen LogP contribution >= 0.6 is 22.9 Å². The summed E-state index contributed by atoms with van der Waals surface area (Å²) in [5.41, 5.74) is 1.09. The average Bonchev–Trinajstić information content (AvgIpc) is 3.08. The molecule has 0 bridgehead atoms. The fraction of sp³-hybridized carbons (Fsp3) is 0.368. The molecule has 0 saturated carbocycles. The van der Waals surface area contributed by atoms with Crippen molar-refractivity contribution in [2.45, 2.75) is 31.7 Å². The molecular formula is C19H19ClN2O3S. The van der Waals surface area contributed by atoms with Crippen molar-refractivity contribution in [3.63, 3.8) is 0 Å². The van der Waals surface area contributed by atoms with Crippen LogP contribution in [-0.4, -0.2) is 35.9 Å². The molecule has 1 atom stereocenters. The fourth-order valence-electron chi connectivity index (χ4n) is 3.56. The molecule has 26 heavy (non-hydrogen) atoms. The second kappa shape index (κ2) is 7.29. The molecule has 2 aliphatic heterocycles. The molecule has 1 fully saturated rings. The van der Waals surface area contributed by atoms with Gasteiger partial charge in [-0.3, -0.25) is 9.59 Å². The predicted molar refractivity (Wildman–Crippen MR) is 103 cm³/mol. The molecule has 0 spiro atoms. The second-order valence-corrected chi connectivity index (χ2v) is 8.27. The number of carbonyl (C=O) groups is 2. The number of benzene rings is 1. The van der Waals surface area contributed by atoms with Gasteiger partial charge in [-0.25, -0.2) is 0 Å². The number of thiophene rings is 1. The Kier molecular flexibility index (Phi) is 4.87. The summed E-state index contributed by atoms with van der Waals surface area (Å²) in [6, 6.07) is 8.85. The van der Waals surface area contributed by atoms with Gasteiger partial charge in [-0.05, 0) is 49.6 Å². The van der Waals surface area contributed by atoms with E-state index in [1.165, 1.54) is 11.3 Å². The van der Waals surface area contributed by atoms with Crippen LogP contribution in [0.2, 0.25) is 4.34 Å². The maximum Gasteiger partial charge on any atom is 0.265 e. The molecule has 136 valence electrons. The van der Waals surface area contributed by atoms with Gasteiger partial charge < -0.3 is 15.0 Å². The zero-order valence-electron chi connectivity index (χ0n) is 14.2. The van der Waals surface area contributed by atoms with Gasteiger partial charge in [-0.15, -0.1) is 11.3 Å². The van der Waals surface area contributed by atoms with E-state index in [9.17, 15) is 9.59 Å². The summed E-state index contributed by atoms with van der Waals surface area (Å²) in [7, 11) is 0. The van der Waals surface area contributed by atoms with Crippen LogP contribution < -0.4 is 10.1 Å². The first-order valence-corrected chi connectivity index (χ1v) is 9.96. The van der Waals surface area contributed by atoms with E-state index in [1.807, 2.05) is 4.90 Å². The van der Waals surface area contributed by atoms with Crippen LogP contribution in [0, 0.1) is 0 Å². The Hall–Kier alpha value is -2.05. The highest BCUT2D eigenvalue weighted by Crippen LogP contribution is 2.31. The third-order valence-electron chi connectivity index (χ3n) is 4.86. The van der Waals surface area contributed by atoms with E-state index < -0.39 is 0 Å². The minimum absolute atomic E-state index is 0.0142. The van der Waals surface area contributed by atoms with Crippen molar-refractivity contribution in [3.05, 3.63) is 45.1 Å². The number of fused-ring (bicyclic) bond motifs is 2. The zero-order chi connectivity index (χ0) is 18.1. The molecule has 2 amide bonds. The number of amides is 2. The molecule has 1 saturated heterocycles. The van der Waals surface area contributed by atoms with Gasteiger partial charge in [0.1, 0.15) is 5.75 Å². The number of rotatable bonds is 2. The molecule has 5 nitrogen and oxygen atoms in total. The van der Waals surface area contributed by atoms with Crippen LogP contribution in [0.25, 0.3) is 0 Å². The molecule has 1 aromatic heterocycles. The third kappa shape index (κ3) is 3.44. The Balaban J connectivity index is 1.60. The molecule has 3 heterocycles. The van der Waals surface area contributed by atoms with Crippen LogP contribution in [-0.2, 0) is 0 Å². The first-order chi connectivity index (χ1) is 12.6. The summed E-state index contributed by atoms with van der Waals surface area (Å²) in [5, 5.41) is 2.84. The van der Waals surface area contributed by atoms with Crippen LogP contribution in [0.3, 0.4) is 0 Å². The summed E-state index contributed by atoms with van der Waals surface area (Å²) < 4.78 is 6.38. The maximum absolute atomic E-state index is 13.1. The maximum atomic E-state index is 13.1. The molecule has 7 heteroatoms. The van der Waals surface area contributed by atoms with Gasteiger partial charge in [0.2, 0.25) is 0 Å². The lowest BCUT2D eigenvalue weighted by molar-refractivity contribution is 0.0548. The van der Waals surface area contributed by atoms with E-state index in [0.29, 0.717) is 32.8 Å². The van der Waals surface area contributed by atoms with E-state index in [1.54, 1.807) is 30.3 Å². The van der Waals surface area contributed by atoms with Gasteiger partial charge in [-0.2, -0.15) is 0 Å². The standard InChI is InChI=1S/C19H19ClN2O3S/c20-17-7-6-16(26-17)18(23)21-12-4-5-15-14(11-12)19(24)22-9-2-1-3-13(22)8-10-25-15/h4-7,11,13H,1-3,8-10H2,(H,21,23)/t13-/m0/s1. The molecule has 0 aliphatic carbocycles. The van der Waals surface area contributed by atoms with Gasteiger partial charge in [-0.1, -0.05) is 11.6 Å². The van der Waals surface area contributed by atoms with E-state index in [0.717, 1.165) is 32.2 Å². The van der Waals surface area contributed by atoms with Crippen molar-refractivity contribution in [3.8, 4) is 5.75 Å². The van der Waals surface area contributed by atoms with Crippen molar-refractivity contribution in [1.82, 2.24) is 4.90 Å². The molecule has 0 radical (unpaired) electrons. The van der Waals surface area contributed by atoms with Crippen molar-refractivity contribution in [2.75, 3.05) is 18.5 Å². The molecule has 4 rings (SSSR count).